The van der Waals surface area contributed by atoms with Crippen molar-refractivity contribution in [2.75, 3.05) is 0 Å². The molecule has 6 nitrogen and oxygen atoms in total. The molecule has 7 heteroatoms. The summed E-state index contributed by atoms with van der Waals surface area (Å²) in [6, 6.07) is 66.6. The van der Waals surface area contributed by atoms with E-state index in [4.69, 9.17) is 19.4 Å². The summed E-state index contributed by atoms with van der Waals surface area (Å²) in [5.41, 5.74) is 8.62. The number of furan rings is 1. The van der Waals surface area contributed by atoms with Gasteiger partial charge in [-0.1, -0.05) is 127 Å². The molecule has 5 heterocycles. The molecular formula is C55H31N5OS. The summed E-state index contributed by atoms with van der Waals surface area (Å²) >= 11 is 1.78. The monoisotopic (exact) mass is 809 g/mol. The Labute approximate surface area is 357 Å². The summed E-state index contributed by atoms with van der Waals surface area (Å²) in [5.74, 6) is 1.73. The Hall–Kier alpha value is -8.13. The Balaban J connectivity index is 1.14. The molecule has 0 radical (unpaired) electrons. The fourth-order valence-electron chi connectivity index (χ4n) is 9.81. The lowest BCUT2D eigenvalue weighted by molar-refractivity contribution is 0.668. The second-order valence-electron chi connectivity index (χ2n) is 16.0. The molecule has 62 heavy (non-hydrogen) atoms. The lowest BCUT2D eigenvalue weighted by atomic mass is 10.0. The molecule has 0 aliphatic rings. The largest absolute Gasteiger partial charge is 0.456 e. The van der Waals surface area contributed by atoms with Crippen LogP contribution in [-0.4, -0.2) is 24.1 Å². The molecule has 0 unspecified atom stereocenters. The quantitative estimate of drug-likeness (QED) is 0.178. The minimum Gasteiger partial charge on any atom is -0.456 e. The van der Waals surface area contributed by atoms with E-state index in [0.29, 0.717) is 17.6 Å². The summed E-state index contributed by atoms with van der Waals surface area (Å²) in [5, 5.41) is 11.4. The van der Waals surface area contributed by atoms with Crippen molar-refractivity contribution in [2.45, 2.75) is 0 Å². The zero-order chi connectivity index (χ0) is 40.5. The highest BCUT2D eigenvalue weighted by Crippen LogP contribution is 2.43. The summed E-state index contributed by atoms with van der Waals surface area (Å²) in [7, 11) is 0. The smallest absolute Gasteiger partial charge is 0.238 e. The van der Waals surface area contributed by atoms with E-state index in [1.807, 2.05) is 12.1 Å². The molecular weight excluding hydrogens is 779 g/mol. The van der Waals surface area contributed by atoms with Gasteiger partial charge in [0.15, 0.2) is 11.6 Å². The molecule has 0 N–H and O–H groups in total. The van der Waals surface area contributed by atoms with Crippen molar-refractivity contribution in [1.82, 2.24) is 24.1 Å². The molecule has 0 spiro atoms. The zero-order valence-corrected chi connectivity index (χ0v) is 33.8. The Kier molecular flexibility index (Phi) is 6.89. The third-order valence-corrected chi connectivity index (χ3v) is 13.8. The average molecular weight is 810 g/mol. The first-order valence-electron chi connectivity index (χ1n) is 20.8. The molecule has 0 fully saturated rings. The summed E-state index contributed by atoms with van der Waals surface area (Å²) < 4.78 is 13.6. The van der Waals surface area contributed by atoms with Gasteiger partial charge in [-0.2, -0.15) is 9.97 Å². The average Bonchev–Trinajstić information content (AvgIpc) is 4.07. The first kappa shape index (κ1) is 33.7. The normalized spacial score (nSPS) is 12.2. The maximum Gasteiger partial charge on any atom is 0.238 e. The number of para-hydroxylation sites is 4. The highest BCUT2D eigenvalue weighted by atomic mass is 32.1. The maximum atomic E-state index is 6.66. The second kappa shape index (κ2) is 12.7. The Morgan fingerprint density at radius 3 is 1.71 bits per heavy atom. The molecule has 0 saturated carbocycles. The molecule has 14 rings (SSSR count). The van der Waals surface area contributed by atoms with E-state index in [0.717, 1.165) is 76.3 Å². The van der Waals surface area contributed by atoms with Crippen LogP contribution >= 0.6 is 11.3 Å². The van der Waals surface area contributed by atoms with Crippen molar-refractivity contribution in [3.8, 4) is 34.4 Å². The molecule has 9 aromatic carbocycles. The van der Waals surface area contributed by atoms with Crippen molar-refractivity contribution in [3.63, 3.8) is 0 Å². The van der Waals surface area contributed by atoms with E-state index in [2.05, 4.69) is 185 Å². The highest BCUT2D eigenvalue weighted by molar-refractivity contribution is 7.26. The zero-order valence-electron chi connectivity index (χ0n) is 33.0. The van der Waals surface area contributed by atoms with Gasteiger partial charge >= 0.3 is 0 Å². The van der Waals surface area contributed by atoms with Crippen molar-refractivity contribution in [1.29, 1.82) is 0 Å². The minimum atomic E-state index is 0.553. The predicted molar refractivity (Wildman–Crippen MR) is 257 cm³/mol. The van der Waals surface area contributed by atoms with Crippen LogP contribution in [0.3, 0.4) is 0 Å². The first-order valence-corrected chi connectivity index (χ1v) is 21.6. The molecule has 0 bridgehead atoms. The number of benzene rings is 9. The molecule has 5 aromatic heterocycles. The maximum absolute atomic E-state index is 6.66. The number of aromatic nitrogens is 5. The van der Waals surface area contributed by atoms with Gasteiger partial charge in [-0.3, -0.25) is 4.57 Å². The highest BCUT2D eigenvalue weighted by Gasteiger charge is 2.24. The molecule has 14 aromatic rings. The number of hydrogen-bond acceptors (Lipinski definition) is 5. The van der Waals surface area contributed by atoms with Crippen molar-refractivity contribution >= 4 is 108 Å². The lowest BCUT2D eigenvalue weighted by Gasteiger charge is -2.16. The van der Waals surface area contributed by atoms with E-state index >= 15 is 0 Å². The Bertz CT molecular complexity index is 4130. The van der Waals surface area contributed by atoms with Gasteiger partial charge in [0, 0.05) is 69.7 Å². The van der Waals surface area contributed by atoms with Crippen molar-refractivity contribution in [2.24, 2.45) is 0 Å². The topological polar surface area (TPSA) is 61.7 Å². The minimum absolute atomic E-state index is 0.553. The van der Waals surface area contributed by atoms with Crippen LogP contribution in [0.5, 0.6) is 0 Å². The fourth-order valence-corrected chi connectivity index (χ4v) is 11.0. The van der Waals surface area contributed by atoms with E-state index in [-0.39, 0.29) is 0 Å². The van der Waals surface area contributed by atoms with E-state index in [9.17, 15) is 0 Å². The second-order valence-corrected chi connectivity index (χ2v) is 17.0. The molecule has 288 valence electrons. The number of fused-ring (bicyclic) bond motifs is 13. The van der Waals surface area contributed by atoms with Gasteiger partial charge in [-0.15, -0.1) is 11.3 Å². The molecule has 0 saturated heterocycles. The Morgan fingerprint density at radius 2 is 0.952 bits per heavy atom. The summed E-state index contributed by atoms with van der Waals surface area (Å²) in [6.45, 7) is 0. The van der Waals surface area contributed by atoms with Crippen LogP contribution in [0.4, 0.5) is 0 Å². The van der Waals surface area contributed by atoms with Gasteiger partial charge in [0.1, 0.15) is 11.2 Å². The van der Waals surface area contributed by atoms with Gasteiger partial charge < -0.3 is 8.98 Å². The SMILES string of the molecule is c1ccc2cc3c(cc2c1)c1ccccc1n3-c1cc2oc3ccccc3c2cc1-c1nc(-c2cccc3c2sc2ccccc23)nc(-n2c3ccccc3c3ccccc32)n1. The lowest BCUT2D eigenvalue weighted by Crippen LogP contribution is -2.08. The predicted octanol–water partition coefficient (Wildman–Crippen LogP) is 14.8. The number of hydrogen-bond donors (Lipinski definition) is 0. The van der Waals surface area contributed by atoms with Crippen LogP contribution in [0.1, 0.15) is 0 Å². The number of nitrogens with zero attached hydrogens (tertiary/aromatic N) is 5. The number of rotatable bonds is 4. The van der Waals surface area contributed by atoms with Crippen molar-refractivity contribution < 1.29 is 4.42 Å². The molecule has 0 atom stereocenters. The van der Waals surface area contributed by atoms with E-state index in [1.54, 1.807) is 11.3 Å². The van der Waals surface area contributed by atoms with Crippen LogP contribution < -0.4 is 0 Å². The fraction of sp³-hybridized carbons (Fsp3) is 0. The van der Waals surface area contributed by atoms with Crippen LogP contribution in [0.2, 0.25) is 0 Å². The van der Waals surface area contributed by atoms with Gasteiger partial charge in [-0.05, 0) is 65.4 Å². The van der Waals surface area contributed by atoms with E-state index in [1.165, 1.54) is 37.0 Å². The van der Waals surface area contributed by atoms with Crippen LogP contribution in [-0.2, 0) is 0 Å². The first-order chi connectivity index (χ1) is 30.7. The standard InChI is InChI=1S/C55H31N5OS/c1-2-15-33-29-47-41(28-32(33)14-1)36-18-5-8-23-44(36)59(47)48-31-50-42(37-19-6-11-26-49(37)61-50)30-43(48)54-56-53(40-22-13-21-39-38-20-7-12-27-51(38)62-52(39)40)57-55(58-54)60-45-24-9-3-16-34(45)35-17-4-10-25-46(35)60/h1-31H. The van der Waals surface area contributed by atoms with E-state index < -0.39 is 0 Å². The van der Waals surface area contributed by atoms with Crippen LogP contribution in [0, 0.1) is 0 Å². The van der Waals surface area contributed by atoms with Crippen LogP contribution in [0.15, 0.2) is 192 Å². The molecule has 0 aliphatic carbocycles. The third kappa shape index (κ3) is 4.76. The molecule has 0 aliphatic heterocycles. The van der Waals surface area contributed by atoms with Crippen molar-refractivity contribution in [3.05, 3.63) is 188 Å². The van der Waals surface area contributed by atoms with Gasteiger partial charge in [-0.25, -0.2) is 4.98 Å². The van der Waals surface area contributed by atoms with Gasteiger partial charge in [0.2, 0.25) is 5.95 Å². The molecule has 0 amide bonds. The number of thiophene rings is 1. The summed E-state index contributed by atoms with van der Waals surface area (Å²) in [6.07, 6.45) is 0. The van der Waals surface area contributed by atoms with Gasteiger partial charge in [0.05, 0.1) is 27.8 Å². The van der Waals surface area contributed by atoms with Crippen LogP contribution in [0.25, 0.3) is 131 Å². The third-order valence-electron chi connectivity index (χ3n) is 12.6. The summed E-state index contributed by atoms with van der Waals surface area (Å²) in [4.78, 5) is 16.5. The Morgan fingerprint density at radius 1 is 0.371 bits per heavy atom. The van der Waals surface area contributed by atoms with Gasteiger partial charge in [0.25, 0.3) is 0 Å².